The summed E-state index contributed by atoms with van der Waals surface area (Å²) >= 11 is 0. The molecule has 4 rings (SSSR count). The molecule has 4 heterocycles. The van der Waals surface area contributed by atoms with Crippen LogP contribution in [0.2, 0.25) is 0 Å². The molecule has 0 bridgehead atoms. The molecule has 0 radical (unpaired) electrons. The molecule has 8 heteroatoms. The van der Waals surface area contributed by atoms with Gasteiger partial charge in [0.15, 0.2) is 0 Å². The molecule has 29 heavy (non-hydrogen) atoms. The largest absolute Gasteiger partial charge is 0.373 e. The van der Waals surface area contributed by atoms with Gasteiger partial charge in [-0.15, -0.1) is 0 Å². The first kappa shape index (κ1) is 19.0. The minimum Gasteiger partial charge on any atom is -0.373 e. The van der Waals surface area contributed by atoms with Crippen LogP contribution >= 0.6 is 0 Å². The molecule has 0 aliphatic carbocycles. The zero-order valence-corrected chi connectivity index (χ0v) is 17.1. The maximum Gasteiger partial charge on any atom is 0.254 e. The average molecular weight is 392 g/mol. The number of hydrogen-bond acceptors (Lipinski definition) is 7. The van der Waals surface area contributed by atoms with E-state index in [9.17, 15) is 4.79 Å². The molecule has 1 aliphatic heterocycles. The lowest BCUT2D eigenvalue weighted by Gasteiger charge is -2.30. The zero-order valence-electron chi connectivity index (χ0n) is 17.1. The minimum absolute atomic E-state index is 0.0154. The first-order valence-electron chi connectivity index (χ1n) is 9.72. The lowest BCUT2D eigenvalue weighted by molar-refractivity contribution is 0.0734. The summed E-state index contributed by atoms with van der Waals surface area (Å²) in [6.07, 6.45) is 4.21. The van der Waals surface area contributed by atoms with E-state index in [1.165, 1.54) is 0 Å². The Morgan fingerprint density at radius 3 is 2.86 bits per heavy atom. The van der Waals surface area contributed by atoms with Gasteiger partial charge in [-0.1, -0.05) is 19.0 Å². The third kappa shape index (κ3) is 3.57. The highest BCUT2D eigenvalue weighted by atomic mass is 16.5. The van der Waals surface area contributed by atoms with Crippen LogP contribution in [0.4, 0.5) is 5.82 Å². The molecule has 1 amide bonds. The SMILES string of the molecule is CNc1cc(C(=O)N2CCc3c(cnc(C)c3-c3noc(C(C)C)n3)C2)ccn1. The average Bonchev–Trinajstić information content (AvgIpc) is 3.23. The fraction of sp³-hybridized carbons (Fsp3) is 0.381. The first-order chi connectivity index (χ1) is 14.0. The summed E-state index contributed by atoms with van der Waals surface area (Å²) in [5.41, 5.74) is 4.57. The van der Waals surface area contributed by atoms with Gasteiger partial charge in [-0.05, 0) is 36.6 Å². The number of rotatable bonds is 4. The highest BCUT2D eigenvalue weighted by Gasteiger charge is 2.27. The number of fused-ring (bicyclic) bond motifs is 1. The van der Waals surface area contributed by atoms with E-state index in [-0.39, 0.29) is 11.8 Å². The summed E-state index contributed by atoms with van der Waals surface area (Å²) in [5, 5.41) is 7.14. The number of aryl methyl sites for hydroxylation is 1. The van der Waals surface area contributed by atoms with Gasteiger partial charge in [0.25, 0.3) is 5.91 Å². The lowest BCUT2D eigenvalue weighted by Crippen LogP contribution is -2.36. The molecular weight excluding hydrogens is 368 g/mol. The molecule has 0 spiro atoms. The molecule has 150 valence electrons. The number of nitrogens with zero attached hydrogens (tertiary/aromatic N) is 5. The Morgan fingerprint density at radius 1 is 1.31 bits per heavy atom. The van der Waals surface area contributed by atoms with Gasteiger partial charge in [-0.25, -0.2) is 4.98 Å². The van der Waals surface area contributed by atoms with Gasteiger partial charge in [0.05, 0.1) is 0 Å². The normalized spacial score (nSPS) is 13.5. The number of aromatic nitrogens is 4. The van der Waals surface area contributed by atoms with Crippen molar-refractivity contribution in [1.82, 2.24) is 25.0 Å². The van der Waals surface area contributed by atoms with Crippen LogP contribution in [0.3, 0.4) is 0 Å². The molecule has 0 unspecified atom stereocenters. The van der Waals surface area contributed by atoms with Gasteiger partial charge in [0.2, 0.25) is 11.7 Å². The standard InChI is InChI=1S/C21H24N6O2/c1-12(2)20-25-19(26-29-20)18-13(3)24-10-15-11-27(8-6-16(15)18)21(28)14-5-7-23-17(9-14)22-4/h5,7,9-10,12H,6,8,11H2,1-4H3,(H,22,23). The quantitative estimate of drug-likeness (QED) is 0.728. The minimum atomic E-state index is -0.0154. The zero-order chi connectivity index (χ0) is 20.5. The number of carbonyl (C=O) groups is 1. The Morgan fingerprint density at radius 2 is 2.14 bits per heavy atom. The fourth-order valence-electron chi connectivity index (χ4n) is 3.57. The number of amides is 1. The Hall–Kier alpha value is -3.29. The molecule has 1 N–H and O–H groups in total. The molecule has 3 aromatic heterocycles. The van der Waals surface area contributed by atoms with E-state index in [1.807, 2.05) is 31.9 Å². The second-order valence-corrected chi connectivity index (χ2v) is 7.49. The smallest absolute Gasteiger partial charge is 0.254 e. The topological polar surface area (TPSA) is 97.0 Å². The van der Waals surface area contributed by atoms with Crippen LogP contribution in [0, 0.1) is 6.92 Å². The van der Waals surface area contributed by atoms with Crippen molar-refractivity contribution in [3.63, 3.8) is 0 Å². The summed E-state index contributed by atoms with van der Waals surface area (Å²) in [7, 11) is 1.78. The first-order valence-corrected chi connectivity index (χ1v) is 9.72. The number of carbonyl (C=O) groups excluding carboxylic acids is 1. The van der Waals surface area contributed by atoms with Crippen molar-refractivity contribution in [3.05, 3.63) is 52.8 Å². The van der Waals surface area contributed by atoms with Crippen molar-refractivity contribution in [1.29, 1.82) is 0 Å². The van der Waals surface area contributed by atoms with Gasteiger partial charge < -0.3 is 14.7 Å². The number of nitrogens with one attached hydrogen (secondary N) is 1. The van der Waals surface area contributed by atoms with Crippen LogP contribution in [0.1, 0.15) is 52.8 Å². The molecular formula is C21H24N6O2. The van der Waals surface area contributed by atoms with E-state index in [4.69, 9.17) is 4.52 Å². The molecule has 8 nitrogen and oxygen atoms in total. The van der Waals surface area contributed by atoms with Gasteiger partial charge in [-0.3, -0.25) is 9.78 Å². The maximum absolute atomic E-state index is 13.0. The van der Waals surface area contributed by atoms with E-state index in [0.717, 1.165) is 28.8 Å². The monoisotopic (exact) mass is 392 g/mol. The van der Waals surface area contributed by atoms with Crippen molar-refractivity contribution in [3.8, 4) is 11.4 Å². The summed E-state index contributed by atoms with van der Waals surface area (Å²) in [6, 6.07) is 3.51. The number of hydrogen-bond donors (Lipinski definition) is 1. The number of anilines is 1. The van der Waals surface area contributed by atoms with Crippen molar-refractivity contribution >= 4 is 11.7 Å². The van der Waals surface area contributed by atoms with E-state index in [0.29, 0.717) is 36.2 Å². The second kappa shape index (κ2) is 7.62. The Kier molecular flexibility index (Phi) is 5.00. The highest BCUT2D eigenvalue weighted by molar-refractivity contribution is 5.95. The van der Waals surface area contributed by atoms with E-state index in [2.05, 4.69) is 25.4 Å². The van der Waals surface area contributed by atoms with Crippen molar-refractivity contribution in [2.24, 2.45) is 0 Å². The van der Waals surface area contributed by atoms with Crippen LogP contribution in [0.15, 0.2) is 29.0 Å². The third-order valence-corrected chi connectivity index (χ3v) is 5.17. The molecule has 0 saturated heterocycles. The molecule has 0 aromatic carbocycles. The van der Waals surface area contributed by atoms with Crippen LogP contribution in [-0.2, 0) is 13.0 Å². The molecule has 0 fully saturated rings. The van der Waals surface area contributed by atoms with E-state index >= 15 is 0 Å². The molecule has 0 saturated carbocycles. The summed E-state index contributed by atoms with van der Waals surface area (Å²) in [6.45, 7) is 7.11. The van der Waals surface area contributed by atoms with Gasteiger partial charge >= 0.3 is 0 Å². The maximum atomic E-state index is 13.0. The van der Waals surface area contributed by atoms with Gasteiger partial charge in [0.1, 0.15) is 5.82 Å². The third-order valence-electron chi connectivity index (χ3n) is 5.17. The lowest BCUT2D eigenvalue weighted by atomic mass is 9.94. The van der Waals surface area contributed by atoms with E-state index < -0.39 is 0 Å². The molecule has 1 aliphatic rings. The van der Waals surface area contributed by atoms with Gasteiger partial charge in [0, 0.05) is 55.3 Å². The van der Waals surface area contributed by atoms with Crippen LogP contribution in [0.5, 0.6) is 0 Å². The van der Waals surface area contributed by atoms with Gasteiger partial charge in [-0.2, -0.15) is 4.98 Å². The van der Waals surface area contributed by atoms with Crippen molar-refractivity contribution < 1.29 is 9.32 Å². The summed E-state index contributed by atoms with van der Waals surface area (Å²) in [5.74, 6) is 2.01. The second-order valence-electron chi connectivity index (χ2n) is 7.49. The Bertz CT molecular complexity index is 1060. The summed E-state index contributed by atoms with van der Waals surface area (Å²) < 4.78 is 5.40. The number of pyridine rings is 2. The summed E-state index contributed by atoms with van der Waals surface area (Å²) in [4.78, 5) is 28.1. The predicted molar refractivity (Wildman–Crippen MR) is 109 cm³/mol. The Labute approximate surface area is 169 Å². The van der Waals surface area contributed by atoms with Crippen LogP contribution in [-0.4, -0.2) is 44.5 Å². The van der Waals surface area contributed by atoms with Crippen molar-refractivity contribution in [2.75, 3.05) is 18.9 Å². The fourth-order valence-corrected chi connectivity index (χ4v) is 3.57. The van der Waals surface area contributed by atoms with Crippen LogP contribution < -0.4 is 5.32 Å². The molecule has 3 aromatic rings. The van der Waals surface area contributed by atoms with Crippen LogP contribution in [0.25, 0.3) is 11.4 Å². The van der Waals surface area contributed by atoms with E-state index in [1.54, 1.807) is 25.4 Å². The Balaban J connectivity index is 1.64. The van der Waals surface area contributed by atoms with Crippen molar-refractivity contribution in [2.45, 2.75) is 39.7 Å². The molecule has 0 atom stereocenters. The predicted octanol–water partition coefficient (Wildman–Crippen LogP) is 3.20. The highest BCUT2D eigenvalue weighted by Crippen LogP contribution is 2.31.